The van der Waals surface area contributed by atoms with Gasteiger partial charge in [-0.05, 0) is 0 Å². The lowest BCUT2D eigenvalue weighted by molar-refractivity contribution is 0.168. The van der Waals surface area contributed by atoms with Crippen molar-refractivity contribution >= 4 is 22.7 Å². The number of rotatable bonds is 6. The fourth-order valence-corrected chi connectivity index (χ4v) is 0.962. The van der Waals surface area contributed by atoms with Crippen LogP contribution in [-0.4, -0.2) is 30.2 Å². The summed E-state index contributed by atoms with van der Waals surface area (Å²) in [6.07, 6.45) is 0.299. The molecule has 0 aliphatic carbocycles. The van der Waals surface area contributed by atoms with E-state index in [4.69, 9.17) is 9.11 Å². The van der Waals surface area contributed by atoms with E-state index in [1.165, 1.54) is 6.08 Å². The van der Waals surface area contributed by atoms with Crippen LogP contribution in [0.4, 0.5) is 0 Å². The Morgan fingerprint density at radius 2 is 2.00 bits per heavy atom. The van der Waals surface area contributed by atoms with Gasteiger partial charge in [0.25, 0.3) is 0 Å². The van der Waals surface area contributed by atoms with Crippen LogP contribution in [0.5, 0.6) is 0 Å². The molecule has 0 aliphatic rings. The molecule has 6 nitrogen and oxygen atoms in total. The van der Waals surface area contributed by atoms with Crippen LogP contribution in [0, 0.1) is 0 Å². The maximum absolute atomic E-state index is 10.1. The minimum atomic E-state index is -2.44. The summed E-state index contributed by atoms with van der Waals surface area (Å²) in [7, 11) is 0. The summed E-state index contributed by atoms with van der Waals surface area (Å²) in [4.78, 5) is 0. The summed E-state index contributed by atoms with van der Waals surface area (Å²) in [5.41, 5.74) is 0. The Morgan fingerprint density at radius 1 is 1.42 bits per heavy atom. The molecule has 0 amide bonds. The molecule has 2 N–H and O–H groups in total. The molecule has 0 heterocycles. The third kappa shape index (κ3) is 6.58. The lowest BCUT2D eigenvalue weighted by Gasteiger charge is -2.07. The maximum Gasteiger partial charge on any atom is 0.302 e. The Hall–Kier alpha value is -0.120. The topological polar surface area (TPSA) is 93.1 Å². The Labute approximate surface area is 74.5 Å². The molecule has 72 valence electrons. The van der Waals surface area contributed by atoms with Crippen molar-refractivity contribution in [1.29, 1.82) is 0 Å². The van der Waals surface area contributed by atoms with Gasteiger partial charge in [-0.1, -0.05) is 6.08 Å². The second-order valence-corrected chi connectivity index (χ2v) is 2.89. The molecule has 0 aromatic heterocycles. The smallest absolute Gasteiger partial charge is 0.284 e. The van der Waals surface area contributed by atoms with Crippen molar-refractivity contribution in [3.8, 4) is 0 Å². The van der Waals surface area contributed by atoms with Gasteiger partial charge in [0.15, 0.2) is 0 Å². The molecule has 3 atom stereocenters. The van der Waals surface area contributed by atoms with Crippen molar-refractivity contribution < 1.29 is 25.9 Å². The second kappa shape index (κ2) is 6.40. The van der Waals surface area contributed by atoms with Crippen LogP contribution in [0.1, 0.15) is 0 Å². The summed E-state index contributed by atoms with van der Waals surface area (Å²) < 4.78 is 44.9. The highest BCUT2D eigenvalue weighted by Crippen LogP contribution is 1.97. The van der Waals surface area contributed by atoms with E-state index in [0.29, 0.717) is 0 Å². The highest BCUT2D eigenvalue weighted by Gasteiger charge is 2.09. The van der Waals surface area contributed by atoms with Gasteiger partial charge in [0, 0.05) is 0 Å². The Kier molecular flexibility index (Phi) is 6.34. The molecule has 0 fully saturated rings. The van der Waals surface area contributed by atoms with Crippen molar-refractivity contribution in [3.63, 3.8) is 0 Å². The molecule has 0 saturated heterocycles. The predicted molar refractivity (Wildman–Crippen MR) is 42.6 cm³/mol. The molecule has 0 aromatic rings. The van der Waals surface area contributed by atoms with Crippen LogP contribution in [0.3, 0.4) is 0 Å². The zero-order valence-corrected chi connectivity index (χ0v) is 7.55. The monoisotopic (exact) mass is 216 g/mol. The first-order chi connectivity index (χ1) is 5.56. The van der Waals surface area contributed by atoms with Crippen LogP contribution < -0.4 is 0 Å². The molecule has 0 radical (unpaired) electrons. The van der Waals surface area contributed by atoms with Crippen LogP contribution in [0.2, 0.25) is 0 Å². The van der Waals surface area contributed by atoms with Crippen molar-refractivity contribution in [2.75, 3.05) is 6.61 Å². The quantitative estimate of drug-likeness (QED) is 0.473. The van der Waals surface area contributed by atoms with E-state index >= 15 is 0 Å². The summed E-state index contributed by atoms with van der Waals surface area (Å²) >= 11 is -4.85. The Balaban J connectivity index is 3.75. The van der Waals surface area contributed by atoms with Gasteiger partial charge in [-0.25, -0.2) is 0 Å². The van der Waals surface area contributed by atoms with E-state index in [1.807, 2.05) is 0 Å². The van der Waals surface area contributed by atoms with Gasteiger partial charge < -0.3 is 0 Å². The van der Waals surface area contributed by atoms with Crippen molar-refractivity contribution in [3.05, 3.63) is 12.7 Å². The molecule has 12 heavy (non-hydrogen) atoms. The fraction of sp³-hybridized carbons (Fsp3) is 0.500. The first-order valence-electron chi connectivity index (χ1n) is 2.71. The van der Waals surface area contributed by atoms with Crippen molar-refractivity contribution in [1.82, 2.24) is 0 Å². The lowest BCUT2D eigenvalue weighted by Crippen LogP contribution is -2.18. The summed E-state index contributed by atoms with van der Waals surface area (Å²) in [5, 5.41) is 0. The molecule has 3 unspecified atom stereocenters. The molecule has 0 aliphatic heterocycles. The molecular weight excluding hydrogens is 208 g/mol. The normalized spacial score (nSPS) is 18.2. The largest absolute Gasteiger partial charge is 0.302 e. The summed E-state index contributed by atoms with van der Waals surface area (Å²) in [6.45, 7) is 2.95. The summed E-state index contributed by atoms with van der Waals surface area (Å²) in [5.74, 6) is 0. The third-order valence-corrected chi connectivity index (χ3v) is 1.55. The first kappa shape index (κ1) is 11.9. The van der Waals surface area contributed by atoms with Crippen LogP contribution in [0.25, 0.3) is 0 Å². The second-order valence-electron chi connectivity index (χ2n) is 1.59. The van der Waals surface area contributed by atoms with E-state index in [9.17, 15) is 8.42 Å². The first-order valence-corrected chi connectivity index (χ1v) is 4.77. The van der Waals surface area contributed by atoms with Gasteiger partial charge in [-0.15, -0.1) is 6.58 Å². The minimum Gasteiger partial charge on any atom is -0.284 e. The van der Waals surface area contributed by atoms with Gasteiger partial charge in [0.2, 0.25) is 0 Å². The van der Waals surface area contributed by atoms with Gasteiger partial charge >= 0.3 is 22.7 Å². The molecule has 0 spiro atoms. The van der Waals surface area contributed by atoms with Crippen LogP contribution in [-0.2, 0) is 31.1 Å². The van der Waals surface area contributed by atoms with E-state index in [1.54, 1.807) is 0 Å². The van der Waals surface area contributed by atoms with Gasteiger partial charge in [-0.3, -0.25) is 17.5 Å². The van der Waals surface area contributed by atoms with E-state index in [0.717, 1.165) is 0 Å². The molecule has 8 heteroatoms. The van der Waals surface area contributed by atoms with Gasteiger partial charge in [0.05, 0.1) is 6.61 Å². The van der Waals surface area contributed by atoms with E-state index in [-0.39, 0.29) is 6.61 Å². The van der Waals surface area contributed by atoms with E-state index in [2.05, 4.69) is 14.9 Å². The number of hydrogen-bond donors (Lipinski definition) is 2. The lowest BCUT2D eigenvalue weighted by atomic mass is 10.4. The third-order valence-electron chi connectivity index (χ3n) is 0.802. The molecule has 0 aromatic carbocycles. The highest BCUT2D eigenvalue weighted by atomic mass is 32.2. The Morgan fingerprint density at radius 3 is 2.33 bits per heavy atom. The highest BCUT2D eigenvalue weighted by molar-refractivity contribution is 7.74. The zero-order chi connectivity index (χ0) is 9.56. The molecular formula is C4H8O6S2. The molecule has 0 bridgehead atoms. The van der Waals surface area contributed by atoms with Crippen LogP contribution >= 0.6 is 0 Å². The average molecular weight is 216 g/mol. The maximum atomic E-state index is 10.1. The SMILES string of the molecule is C=CC(COS(=O)O)OS(=O)O. The number of hydrogen-bond acceptors (Lipinski definition) is 4. The van der Waals surface area contributed by atoms with Crippen molar-refractivity contribution in [2.45, 2.75) is 6.10 Å². The standard InChI is InChI=1S/C4H8O6S2/c1-2-4(10-12(7)8)3-9-11(5)6/h2,4H,1,3H2,(H,5,6)(H,7,8). The molecule has 0 saturated carbocycles. The predicted octanol–water partition coefficient (Wildman–Crippen LogP) is -0.152. The minimum absolute atomic E-state index is 0.307. The van der Waals surface area contributed by atoms with Crippen LogP contribution in [0.15, 0.2) is 12.7 Å². The Bertz CT molecular complexity index is 192. The van der Waals surface area contributed by atoms with Gasteiger partial charge in [-0.2, -0.15) is 8.42 Å². The zero-order valence-electron chi connectivity index (χ0n) is 5.91. The fourth-order valence-electron chi connectivity index (χ4n) is 0.366. The van der Waals surface area contributed by atoms with Gasteiger partial charge in [0.1, 0.15) is 6.10 Å². The van der Waals surface area contributed by atoms with Crippen molar-refractivity contribution in [2.24, 2.45) is 0 Å². The summed E-state index contributed by atoms with van der Waals surface area (Å²) in [6, 6.07) is 0. The van der Waals surface area contributed by atoms with E-state index < -0.39 is 28.8 Å². The molecule has 0 rings (SSSR count). The average Bonchev–Trinajstić information content (AvgIpc) is 1.97.